The van der Waals surface area contributed by atoms with Gasteiger partial charge in [-0.3, -0.25) is 0 Å². The van der Waals surface area contributed by atoms with Crippen molar-refractivity contribution in [3.63, 3.8) is 0 Å². The van der Waals surface area contributed by atoms with Crippen molar-refractivity contribution in [1.82, 2.24) is 0 Å². The van der Waals surface area contributed by atoms with Gasteiger partial charge in [-0.15, -0.1) is 0 Å². The van der Waals surface area contributed by atoms with Gasteiger partial charge in [-0.1, -0.05) is 19.1 Å². The highest BCUT2D eigenvalue weighted by atomic mass is 16.5. The van der Waals surface area contributed by atoms with Gasteiger partial charge in [0.25, 0.3) is 0 Å². The number of nitrogens with two attached hydrogens (primary N) is 1. The summed E-state index contributed by atoms with van der Waals surface area (Å²) >= 11 is 0. The Labute approximate surface area is 108 Å². The van der Waals surface area contributed by atoms with Crippen LogP contribution in [0.1, 0.15) is 30.6 Å². The Morgan fingerprint density at radius 1 is 1.22 bits per heavy atom. The molecule has 1 unspecified atom stereocenters. The maximum Gasteiger partial charge on any atom is 0.119 e. The molecule has 0 bridgehead atoms. The van der Waals surface area contributed by atoms with Crippen molar-refractivity contribution in [3.8, 4) is 5.75 Å². The summed E-state index contributed by atoms with van der Waals surface area (Å²) in [5, 5.41) is 0. The van der Waals surface area contributed by atoms with Crippen LogP contribution < -0.4 is 10.5 Å². The molecule has 2 aromatic rings. The fraction of sp³-hybridized carbons (Fsp3) is 0.333. The second kappa shape index (κ2) is 6.26. The zero-order valence-corrected chi connectivity index (χ0v) is 10.6. The topological polar surface area (TPSA) is 48.4 Å². The minimum atomic E-state index is 0.111. The van der Waals surface area contributed by atoms with Crippen LogP contribution in [0.2, 0.25) is 0 Å². The first-order valence-electron chi connectivity index (χ1n) is 6.31. The molecule has 0 saturated heterocycles. The van der Waals surface area contributed by atoms with E-state index in [2.05, 4.69) is 6.92 Å². The number of ether oxygens (including phenoxy) is 1. The van der Waals surface area contributed by atoms with Crippen molar-refractivity contribution in [2.45, 2.75) is 19.3 Å². The third kappa shape index (κ3) is 2.93. The van der Waals surface area contributed by atoms with Crippen molar-refractivity contribution in [2.75, 3.05) is 13.2 Å². The third-order valence-electron chi connectivity index (χ3n) is 2.88. The monoisotopic (exact) mass is 245 g/mol. The van der Waals surface area contributed by atoms with E-state index in [9.17, 15) is 0 Å². The number of furan rings is 1. The fourth-order valence-corrected chi connectivity index (χ4v) is 1.92. The van der Waals surface area contributed by atoms with Crippen LogP contribution in [0, 0.1) is 0 Å². The summed E-state index contributed by atoms with van der Waals surface area (Å²) in [6.45, 7) is 3.37. The van der Waals surface area contributed by atoms with Crippen molar-refractivity contribution in [1.29, 1.82) is 0 Å². The van der Waals surface area contributed by atoms with E-state index in [0.29, 0.717) is 6.54 Å². The Bertz CT molecular complexity index is 448. The van der Waals surface area contributed by atoms with Crippen LogP contribution in [0.4, 0.5) is 0 Å². The van der Waals surface area contributed by atoms with Gasteiger partial charge in [-0.25, -0.2) is 0 Å². The molecule has 0 saturated carbocycles. The Morgan fingerprint density at radius 2 is 2.00 bits per heavy atom. The molecule has 1 atom stereocenters. The molecule has 1 aromatic heterocycles. The largest absolute Gasteiger partial charge is 0.494 e. The predicted molar refractivity (Wildman–Crippen MR) is 71.8 cm³/mol. The molecule has 2 N–H and O–H groups in total. The normalized spacial score (nSPS) is 12.3. The molecule has 0 radical (unpaired) electrons. The molecule has 96 valence electrons. The molecule has 1 heterocycles. The molecule has 18 heavy (non-hydrogen) atoms. The molecule has 0 aliphatic carbocycles. The van der Waals surface area contributed by atoms with E-state index in [1.54, 1.807) is 6.26 Å². The average molecular weight is 245 g/mol. The van der Waals surface area contributed by atoms with Gasteiger partial charge in [-0.2, -0.15) is 0 Å². The summed E-state index contributed by atoms with van der Waals surface area (Å²) in [5.74, 6) is 1.91. The Kier molecular flexibility index (Phi) is 4.42. The number of benzene rings is 1. The van der Waals surface area contributed by atoms with Gasteiger partial charge < -0.3 is 14.9 Å². The highest BCUT2D eigenvalue weighted by Crippen LogP contribution is 2.25. The summed E-state index contributed by atoms with van der Waals surface area (Å²) in [6, 6.07) is 11.9. The summed E-state index contributed by atoms with van der Waals surface area (Å²) in [7, 11) is 0. The van der Waals surface area contributed by atoms with E-state index in [1.807, 2.05) is 36.4 Å². The maximum atomic E-state index is 5.82. The lowest BCUT2D eigenvalue weighted by atomic mass is 9.97. The molecular weight excluding hydrogens is 226 g/mol. The second-order valence-corrected chi connectivity index (χ2v) is 4.22. The van der Waals surface area contributed by atoms with Gasteiger partial charge in [0.15, 0.2) is 0 Å². The lowest BCUT2D eigenvalue weighted by Crippen LogP contribution is -2.13. The average Bonchev–Trinajstić information content (AvgIpc) is 2.93. The molecule has 1 aromatic carbocycles. The predicted octanol–water partition coefficient (Wildman–Crippen LogP) is 3.16. The van der Waals surface area contributed by atoms with Crippen LogP contribution in [0.3, 0.4) is 0 Å². The van der Waals surface area contributed by atoms with E-state index in [0.717, 1.165) is 30.1 Å². The zero-order chi connectivity index (χ0) is 12.8. The summed E-state index contributed by atoms with van der Waals surface area (Å²) in [5.41, 5.74) is 6.97. The molecule has 2 rings (SSSR count). The van der Waals surface area contributed by atoms with Gasteiger partial charge in [0.05, 0.1) is 18.8 Å². The van der Waals surface area contributed by atoms with Gasteiger partial charge in [0, 0.05) is 6.54 Å². The number of hydrogen-bond acceptors (Lipinski definition) is 3. The van der Waals surface area contributed by atoms with Crippen LogP contribution in [0.5, 0.6) is 5.75 Å². The van der Waals surface area contributed by atoms with E-state index in [4.69, 9.17) is 14.9 Å². The standard InChI is InChI=1S/C15H19NO2/c1-2-9-17-13-7-5-12(6-8-13)14(11-16)15-4-3-10-18-15/h3-8,10,14H,2,9,11,16H2,1H3. The molecule has 0 aliphatic rings. The number of rotatable bonds is 6. The molecule has 0 amide bonds. The minimum Gasteiger partial charge on any atom is -0.494 e. The van der Waals surface area contributed by atoms with Crippen molar-refractivity contribution < 1.29 is 9.15 Å². The summed E-state index contributed by atoms with van der Waals surface area (Å²) in [4.78, 5) is 0. The highest BCUT2D eigenvalue weighted by molar-refractivity contribution is 5.33. The third-order valence-corrected chi connectivity index (χ3v) is 2.88. The second-order valence-electron chi connectivity index (χ2n) is 4.22. The first-order valence-corrected chi connectivity index (χ1v) is 6.31. The van der Waals surface area contributed by atoms with Crippen LogP contribution in [-0.2, 0) is 0 Å². The van der Waals surface area contributed by atoms with Gasteiger partial charge in [0.2, 0.25) is 0 Å². The molecule has 3 heteroatoms. The SMILES string of the molecule is CCCOc1ccc(C(CN)c2ccco2)cc1. The molecular formula is C15H19NO2. The smallest absolute Gasteiger partial charge is 0.119 e. The Morgan fingerprint density at radius 3 is 2.56 bits per heavy atom. The van der Waals surface area contributed by atoms with E-state index in [1.165, 1.54) is 0 Å². The lowest BCUT2D eigenvalue weighted by molar-refractivity contribution is 0.317. The Balaban J connectivity index is 2.12. The first kappa shape index (κ1) is 12.7. The van der Waals surface area contributed by atoms with Crippen LogP contribution >= 0.6 is 0 Å². The van der Waals surface area contributed by atoms with Crippen molar-refractivity contribution in [3.05, 3.63) is 54.0 Å². The quantitative estimate of drug-likeness (QED) is 0.850. The maximum absolute atomic E-state index is 5.82. The first-order chi connectivity index (χ1) is 8.85. The minimum absolute atomic E-state index is 0.111. The van der Waals surface area contributed by atoms with Gasteiger partial charge in [0.1, 0.15) is 11.5 Å². The van der Waals surface area contributed by atoms with Crippen LogP contribution in [0.25, 0.3) is 0 Å². The number of hydrogen-bond donors (Lipinski definition) is 1. The van der Waals surface area contributed by atoms with Gasteiger partial charge >= 0.3 is 0 Å². The van der Waals surface area contributed by atoms with E-state index >= 15 is 0 Å². The van der Waals surface area contributed by atoms with E-state index in [-0.39, 0.29) is 5.92 Å². The van der Waals surface area contributed by atoms with Crippen molar-refractivity contribution >= 4 is 0 Å². The molecule has 0 spiro atoms. The molecule has 0 fully saturated rings. The lowest BCUT2D eigenvalue weighted by Gasteiger charge is -2.13. The summed E-state index contributed by atoms with van der Waals surface area (Å²) in [6.07, 6.45) is 2.69. The fourth-order valence-electron chi connectivity index (χ4n) is 1.92. The van der Waals surface area contributed by atoms with Crippen molar-refractivity contribution in [2.24, 2.45) is 5.73 Å². The van der Waals surface area contributed by atoms with Gasteiger partial charge in [-0.05, 0) is 36.2 Å². The Hall–Kier alpha value is -1.74. The van der Waals surface area contributed by atoms with E-state index < -0.39 is 0 Å². The zero-order valence-electron chi connectivity index (χ0n) is 10.6. The van der Waals surface area contributed by atoms with Crippen LogP contribution in [-0.4, -0.2) is 13.2 Å². The molecule has 3 nitrogen and oxygen atoms in total. The summed E-state index contributed by atoms with van der Waals surface area (Å²) < 4.78 is 11.0. The van der Waals surface area contributed by atoms with Crippen LogP contribution in [0.15, 0.2) is 47.1 Å². The highest BCUT2D eigenvalue weighted by Gasteiger charge is 2.14. The molecule has 0 aliphatic heterocycles.